The number of benzene rings is 2. The van der Waals surface area contributed by atoms with Gasteiger partial charge in [0.1, 0.15) is 22.9 Å². The maximum atomic E-state index is 13.4. The van der Waals surface area contributed by atoms with Gasteiger partial charge in [-0.3, -0.25) is 19.2 Å². The zero-order valence-electron chi connectivity index (χ0n) is 24.1. The molecule has 43 heavy (non-hydrogen) atoms. The Morgan fingerprint density at radius 2 is 1.72 bits per heavy atom. The SMILES string of the molecule is CN1CC(=O)N[C@H]2CN(C(=O)c3cnc(C4CC4)[nH]c3=O)CC[C@H]2OCc2cccc(c2)Oc2cccc(c2)CCC1=O. The number of amides is 3. The van der Waals surface area contributed by atoms with Crippen molar-refractivity contribution in [1.29, 1.82) is 0 Å². The zero-order valence-corrected chi connectivity index (χ0v) is 24.1. The molecule has 1 saturated heterocycles. The Morgan fingerprint density at radius 3 is 2.47 bits per heavy atom. The van der Waals surface area contributed by atoms with Crippen molar-refractivity contribution in [2.45, 2.75) is 56.8 Å². The Labute approximate surface area is 249 Å². The molecule has 0 radical (unpaired) electrons. The van der Waals surface area contributed by atoms with Crippen LogP contribution in [0.4, 0.5) is 0 Å². The van der Waals surface area contributed by atoms with Crippen molar-refractivity contribution in [1.82, 2.24) is 25.1 Å². The number of rotatable bonds is 2. The number of nitrogens with one attached hydrogen (secondary N) is 2. The standard InChI is InChI=1S/C32H35N5O6/c1-36-18-28(38)34-26-17-37(32(41)25-16-33-30(22-9-10-22)35-31(25)40)13-12-27(26)42-19-21-5-3-7-24(15-21)43-23-6-2-4-20(14-23)8-11-29(36)39/h2-7,14-16,22,26-27H,8-13,17-19H2,1H3,(H,34,38)(H,33,35,40)/t26-,27+/m0/s1. The first kappa shape index (κ1) is 28.6. The topological polar surface area (TPSA) is 134 Å². The first-order chi connectivity index (χ1) is 20.8. The van der Waals surface area contributed by atoms with Gasteiger partial charge in [0.15, 0.2) is 0 Å². The summed E-state index contributed by atoms with van der Waals surface area (Å²) < 4.78 is 12.4. The van der Waals surface area contributed by atoms with Gasteiger partial charge in [0.05, 0.1) is 25.3 Å². The van der Waals surface area contributed by atoms with Gasteiger partial charge in [-0.25, -0.2) is 4.98 Å². The molecule has 224 valence electrons. The van der Waals surface area contributed by atoms with E-state index in [1.807, 2.05) is 48.5 Å². The Hall–Kier alpha value is -4.51. The fourth-order valence-corrected chi connectivity index (χ4v) is 5.55. The molecule has 2 aromatic carbocycles. The van der Waals surface area contributed by atoms with Gasteiger partial charge in [0.25, 0.3) is 11.5 Å². The fraction of sp³-hybridized carbons (Fsp3) is 0.406. The monoisotopic (exact) mass is 585 g/mol. The first-order valence-electron chi connectivity index (χ1n) is 14.7. The van der Waals surface area contributed by atoms with Crippen LogP contribution in [0.15, 0.2) is 59.5 Å². The van der Waals surface area contributed by atoms with E-state index in [1.54, 1.807) is 11.9 Å². The maximum Gasteiger partial charge on any atom is 0.263 e. The number of hydrogen-bond acceptors (Lipinski definition) is 7. The van der Waals surface area contributed by atoms with E-state index in [2.05, 4.69) is 15.3 Å². The average Bonchev–Trinajstić information content (AvgIpc) is 3.85. The fourth-order valence-electron chi connectivity index (χ4n) is 5.55. The van der Waals surface area contributed by atoms with Crippen LogP contribution in [0.1, 0.15) is 58.9 Å². The van der Waals surface area contributed by atoms with E-state index in [1.165, 1.54) is 11.1 Å². The van der Waals surface area contributed by atoms with Crippen molar-refractivity contribution in [2.24, 2.45) is 0 Å². The second-order valence-electron chi connectivity index (χ2n) is 11.5. The summed E-state index contributed by atoms with van der Waals surface area (Å²) in [5, 5.41) is 2.99. The number of fused-ring (bicyclic) bond motifs is 5. The van der Waals surface area contributed by atoms with Gasteiger partial charge in [0.2, 0.25) is 11.8 Å². The lowest BCUT2D eigenvalue weighted by atomic mass is 10.0. The number of piperidine rings is 1. The molecule has 3 heterocycles. The normalized spacial score (nSPS) is 21.6. The zero-order chi connectivity index (χ0) is 29.9. The van der Waals surface area contributed by atoms with Crippen LogP contribution in [0.5, 0.6) is 11.5 Å². The molecule has 6 rings (SSSR count). The van der Waals surface area contributed by atoms with Crippen LogP contribution in [0.2, 0.25) is 0 Å². The summed E-state index contributed by atoms with van der Waals surface area (Å²) in [5.41, 5.74) is 1.37. The molecule has 1 aromatic heterocycles. The van der Waals surface area contributed by atoms with Crippen molar-refractivity contribution >= 4 is 17.7 Å². The molecule has 4 bridgehead atoms. The van der Waals surface area contributed by atoms with E-state index in [4.69, 9.17) is 9.47 Å². The Balaban J connectivity index is 1.22. The predicted molar refractivity (Wildman–Crippen MR) is 157 cm³/mol. The van der Waals surface area contributed by atoms with Crippen molar-refractivity contribution in [3.05, 3.63) is 87.6 Å². The molecule has 0 unspecified atom stereocenters. The van der Waals surface area contributed by atoms with Gasteiger partial charge in [-0.05, 0) is 61.1 Å². The number of likely N-dealkylation sites (tertiary alicyclic amines) is 1. The molecule has 1 saturated carbocycles. The third-order valence-corrected chi connectivity index (χ3v) is 8.13. The molecule has 11 heteroatoms. The van der Waals surface area contributed by atoms with Gasteiger partial charge < -0.3 is 29.6 Å². The molecule has 2 N–H and O–H groups in total. The van der Waals surface area contributed by atoms with Crippen molar-refractivity contribution in [3.8, 4) is 11.5 Å². The summed E-state index contributed by atoms with van der Waals surface area (Å²) in [5.74, 6) is 1.25. The van der Waals surface area contributed by atoms with Crippen LogP contribution in [-0.2, 0) is 27.4 Å². The average molecular weight is 586 g/mol. The molecule has 11 nitrogen and oxygen atoms in total. The highest BCUT2D eigenvalue weighted by Crippen LogP contribution is 2.37. The molecular weight excluding hydrogens is 550 g/mol. The summed E-state index contributed by atoms with van der Waals surface area (Å²) in [6.07, 6.45) is 4.11. The minimum absolute atomic E-state index is 0.0257. The minimum Gasteiger partial charge on any atom is -0.457 e. The van der Waals surface area contributed by atoms with Gasteiger partial charge in [-0.15, -0.1) is 0 Å². The van der Waals surface area contributed by atoms with Crippen LogP contribution < -0.4 is 15.6 Å². The molecule has 3 aliphatic rings. The number of ether oxygens (including phenoxy) is 2. The lowest BCUT2D eigenvalue weighted by Crippen LogP contribution is -2.58. The number of likely N-dealkylation sites (N-methyl/N-ethyl adjacent to an activating group) is 1. The van der Waals surface area contributed by atoms with Crippen LogP contribution in [0.3, 0.4) is 0 Å². The lowest BCUT2D eigenvalue weighted by molar-refractivity contribution is -0.135. The lowest BCUT2D eigenvalue weighted by Gasteiger charge is -2.39. The van der Waals surface area contributed by atoms with Crippen LogP contribution in [-0.4, -0.2) is 76.3 Å². The highest BCUT2D eigenvalue weighted by molar-refractivity contribution is 5.93. The van der Waals surface area contributed by atoms with E-state index in [-0.39, 0.29) is 49.4 Å². The highest BCUT2D eigenvalue weighted by Gasteiger charge is 2.35. The maximum absolute atomic E-state index is 13.4. The van der Waals surface area contributed by atoms with E-state index in [0.717, 1.165) is 24.0 Å². The predicted octanol–water partition coefficient (Wildman–Crippen LogP) is 2.76. The van der Waals surface area contributed by atoms with Gasteiger partial charge >= 0.3 is 0 Å². The van der Waals surface area contributed by atoms with Gasteiger partial charge in [-0.1, -0.05) is 24.3 Å². The molecule has 2 atom stereocenters. The molecule has 3 amide bonds. The smallest absolute Gasteiger partial charge is 0.263 e. The van der Waals surface area contributed by atoms with Crippen LogP contribution in [0, 0.1) is 0 Å². The summed E-state index contributed by atoms with van der Waals surface area (Å²) in [6, 6.07) is 14.7. The third-order valence-electron chi connectivity index (χ3n) is 8.13. The number of aromatic amines is 1. The molecule has 2 fully saturated rings. The van der Waals surface area contributed by atoms with Crippen LogP contribution >= 0.6 is 0 Å². The number of aryl methyl sites for hydroxylation is 1. The summed E-state index contributed by atoms with van der Waals surface area (Å²) in [7, 11) is 1.60. The van der Waals surface area contributed by atoms with Gasteiger partial charge in [-0.2, -0.15) is 0 Å². The highest BCUT2D eigenvalue weighted by atomic mass is 16.5. The van der Waals surface area contributed by atoms with E-state index in [0.29, 0.717) is 36.7 Å². The molecule has 3 aromatic rings. The number of nitrogens with zero attached hydrogens (tertiary/aromatic N) is 3. The quantitative estimate of drug-likeness (QED) is 0.472. The number of hydrogen-bond donors (Lipinski definition) is 2. The number of carbonyl (C=O) groups excluding carboxylic acids is 3. The van der Waals surface area contributed by atoms with Crippen molar-refractivity contribution in [3.63, 3.8) is 0 Å². The second kappa shape index (κ2) is 12.4. The largest absolute Gasteiger partial charge is 0.457 e. The van der Waals surface area contributed by atoms with E-state index in [9.17, 15) is 19.2 Å². The molecular formula is C32H35N5O6. The molecule has 0 spiro atoms. The third kappa shape index (κ3) is 6.94. The summed E-state index contributed by atoms with van der Waals surface area (Å²) in [6.45, 7) is 0.631. The second-order valence-corrected chi connectivity index (χ2v) is 11.5. The summed E-state index contributed by atoms with van der Waals surface area (Å²) >= 11 is 0. The number of aromatic nitrogens is 2. The van der Waals surface area contributed by atoms with Gasteiger partial charge in [0, 0.05) is 38.7 Å². The first-order valence-corrected chi connectivity index (χ1v) is 14.7. The molecule has 1 aliphatic carbocycles. The Kier molecular flexibility index (Phi) is 8.24. The van der Waals surface area contributed by atoms with E-state index >= 15 is 0 Å². The van der Waals surface area contributed by atoms with E-state index < -0.39 is 23.6 Å². The Morgan fingerprint density at radius 1 is 0.977 bits per heavy atom. The number of H-pyrrole nitrogens is 1. The Bertz CT molecular complexity index is 1580. The van der Waals surface area contributed by atoms with Crippen molar-refractivity contribution in [2.75, 3.05) is 26.7 Å². The summed E-state index contributed by atoms with van der Waals surface area (Å²) in [4.78, 5) is 62.1. The minimum atomic E-state index is -0.551. The van der Waals surface area contributed by atoms with Crippen molar-refractivity contribution < 1.29 is 23.9 Å². The van der Waals surface area contributed by atoms with Crippen LogP contribution in [0.25, 0.3) is 0 Å². The molecule has 2 aliphatic heterocycles. The number of carbonyl (C=O) groups is 3.